The van der Waals surface area contributed by atoms with Crippen LogP contribution in [0.25, 0.3) is 0 Å². The maximum atomic E-state index is 11.3. The molecule has 0 amide bonds. The summed E-state index contributed by atoms with van der Waals surface area (Å²) in [4.78, 5) is 11.3. The van der Waals surface area contributed by atoms with E-state index >= 15 is 0 Å². The fourth-order valence-electron chi connectivity index (χ4n) is 6.69. The van der Waals surface area contributed by atoms with Crippen LogP contribution in [0.15, 0.2) is 0 Å². The Labute approximate surface area is 200 Å². The third-order valence-corrected chi connectivity index (χ3v) is 8.36. The summed E-state index contributed by atoms with van der Waals surface area (Å²) in [5, 5.41) is 41.9. The number of aliphatic hydroxyl groups is 3. The molecule has 1 saturated heterocycles. The number of hydrogen-bond acceptors (Lipinski definition) is 6. The Balaban J connectivity index is 0. The fourth-order valence-corrected chi connectivity index (χ4v) is 6.69. The van der Waals surface area contributed by atoms with E-state index in [1.807, 2.05) is 6.92 Å². The van der Waals surface area contributed by atoms with Gasteiger partial charge in [-0.05, 0) is 50.4 Å². The number of rotatable bonds is 4. The molecule has 3 aliphatic rings. The van der Waals surface area contributed by atoms with Gasteiger partial charge in [0.25, 0.3) is 0 Å². The number of carbonyl (C=O) groups excluding carboxylic acids is 1. The zero-order valence-electron chi connectivity index (χ0n) is 18.7. The van der Waals surface area contributed by atoms with Crippen LogP contribution in [0.5, 0.6) is 0 Å². The Bertz CT molecular complexity index is 578. The maximum Gasteiger partial charge on any atom is 1.00 e. The van der Waals surface area contributed by atoms with Crippen molar-refractivity contribution in [1.82, 2.24) is 0 Å². The second-order valence-electron chi connectivity index (χ2n) is 9.55. The third kappa shape index (κ3) is 4.48. The van der Waals surface area contributed by atoms with Crippen molar-refractivity contribution in [2.24, 2.45) is 22.7 Å². The van der Waals surface area contributed by atoms with Gasteiger partial charge in [-0.25, -0.2) is 0 Å². The van der Waals surface area contributed by atoms with E-state index in [1.54, 1.807) is 0 Å². The molecule has 3 fully saturated rings. The van der Waals surface area contributed by atoms with Crippen molar-refractivity contribution in [3.05, 3.63) is 0 Å². The van der Waals surface area contributed by atoms with Gasteiger partial charge in [-0.1, -0.05) is 20.8 Å². The first kappa shape index (κ1) is 32.4. The molecule has 1 aliphatic heterocycles. The van der Waals surface area contributed by atoms with E-state index in [9.17, 15) is 25.2 Å². The van der Waals surface area contributed by atoms with E-state index in [-0.39, 0.29) is 82.9 Å². The van der Waals surface area contributed by atoms with E-state index in [4.69, 9.17) is 4.74 Å². The molecule has 7 unspecified atom stereocenters. The Morgan fingerprint density at radius 3 is 2.13 bits per heavy atom. The molecule has 0 radical (unpaired) electrons. The van der Waals surface area contributed by atoms with Crippen LogP contribution < -0.4 is 34.7 Å². The van der Waals surface area contributed by atoms with Crippen LogP contribution in [-0.2, 0) is 9.53 Å². The number of aliphatic hydroxyl groups excluding tert-OH is 3. The number of ether oxygens (including phenoxy) is 1. The molecule has 0 bridgehead atoms. The average molecular weight is 447 g/mol. The minimum Gasteiger partial charge on any atom is -0.550 e. The van der Waals surface area contributed by atoms with E-state index in [2.05, 4.69) is 13.8 Å². The van der Waals surface area contributed by atoms with Crippen LogP contribution >= 0.6 is 0 Å². The van der Waals surface area contributed by atoms with E-state index < -0.39 is 28.7 Å². The van der Waals surface area contributed by atoms with E-state index in [0.29, 0.717) is 19.3 Å². The van der Waals surface area contributed by atoms with Crippen molar-refractivity contribution in [3.8, 4) is 0 Å². The molecule has 3 rings (SSSR count). The average Bonchev–Trinajstić information content (AvgIpc) is 2.98. The molecule has 174 valence electrons. The quantitative estimate of drug-likeness (QED) is 0.361. The van der Waals surface area contributed by atoms with Gasteiger partial charge in [0.05, 0.1) is 30.5 Å². The molecule has 0 aromatic heterocycles. The predicted octanol–water partition coefficient (Wildman–Crippen LogP) is -4.86. The zero-order chi connectivity index (χ0) is 19.4. The monoisotopic (exact) mass is 446 g/mol. The molecule has 30 heavy (non-hydrogen) atoms. The number of fused-ring (bicyclic) bond motifs is 2. The summed E-state index contributed by atoms with van der Waals surface area (Å²) >= 11 is 0. The van der Waals surface area contributed by atoms with Gasteiger partial charge in [-0.15, -0.1) is 0 Å². The molecule has 7 atom stereocenters. The van der Waals surface area contributed by atoms with Crippen LogP contribution in [0.4, 0.5) is 0 Å². The Kier molecular flexibility index (Phi) is 11.7. The molecule has 10 heteroatoms. The summed E-state index contributed by atoms with van der Waals surface area (Å²) in [6.45, 7) is 5.87. The number of carboxylic acid groups (broad SMARTS) is 1. The minimum atomic E-state index is -1.21. The molecule has 9 N–H and O–H groups in total. The van der Waals surface area contributed by atoms with Gasteiger partial charge in [0.2, 0.25) is 0 Å². The molecule has 2 aliphatic carbocycles. The Morgan fingerprint density at radius 2 is 1.63 bits per heavy atom. The summed E-state index contributed by atoms with van der Waals surface area (Å²) < 4.78 is 6.56. The molecular weight excluding hydrogens is 407 g/mol. The van der Waals surface area contributed by atoms with Crippen molar-refractivity contribution in [2.45, 2.75) is 83.0 Å². The van der Waals surface area contributed by atoms with Crippen molar-refractivity contribution in [2.75, 3.05) is 13.2 Å². The molecule has 1 spiro atoms. The summed E-state index contributed by atoms with van der Waals surface area (Å²) in [7, 11) is 0. The number of carbonyl (C=O) groups is 1. The van der Waals surface area contributed by atoms with Crippen LogP contribution in [0.2, 0.25) is 0 Å². The molecule has 0 aromatic rings. The van der Waals surface area contributed by atoms with Gasteiger partial charge in [-0.3, -0.25) is 0 Å². The Morgan fingerprint density at radius 1 is 1.03 bits per heavy atom. The van der Waals surface area contributed by atoms with Crippen molar-refractivity contribution < 1.29 is 75.9 Å². The topological polar surface area (TPSA) is 205 Å². The maximum absolute atomic E-state index is 11.3. The standard InChI is InChI=1S/C20H34O6.Na.3H2O/c1-13-4-5-14-17(2,11-21)15(23)6-7-18(14,3)20(13)9-8-19(12-22,26-20)10-16(24)25;;;;/h13-15,21-23H,4-12H2,1-3H3,(H,24,25);;3*1H2/q;+1;;;/p-1. The summed E-state index contributed by atoms with van der Waals surface area (Å²) in [5.74, 6) is -0.907. The molecule has 0 aromatic carbocycles. The van der Waals surface area contributed by atoms with Crippen LogP contribution in [0.1, 0.15) is 65.7 Å². The zero-order valence-corrected chi connectivity index (χ0v) is 20.7. The van der Waals surface area contributed by atoms with Crippen molar-refractivity contribution >= 4 is 5.97 Å². The van der Waals surface area contributed by atoms with E-state index in [0.717, 1.165) is 19.3 Å². The second-order valence-corrected chi connectivity index (χ2v) is 9.55. The molecular formula is C20H39NaO9. The van der Waals surface area contributed by atoms with Gasteiger partial charge >= 0.3 is 29.6 Å². The van der Waals surface area contributed by atoms with Gasteiger partial charge < -0.3 is 46.4 Å². The number of carboxylic acids is 1. The largest absolute Gasteiger partial charge is 1.00 e. The molecule has 9 nitrogen and oxygen atoms in total. The number of aliphatic carboxylic acids is 1. The van der Waals surface area contributed by atoms with Crippen molar-refractivity contribution in [1.29, 1.82) is 0 Å². The third-order valence-electron chi connectivity index (χ3n) is 8.36. The predicted molar refractivity (Wildman–Crippen MR) is 104 cm³/mol. The van der Waals surface area contributed by atoms with Gasteiger partial charge in [0.15, 0.2) is 0 Å². The first-order valence-corrected chi connectivity index (χ1v) is 9.89. The molecule has 2 saturated carbocycles. The SMILES string of the molecule is CC1CCC2C(C)(CO)C(O)CCC2(C)C12CCC(CO)(CC(=O)[O-])O2.O.O.O.[Na+]. The summed E-state index contributed by atoms with van der Waals surface area (Å²) in [5.41, 5.74) is -2.53. The second kappa shape index (κ2) is 10.9. The van der Waals surface area contributed by atoms with Crippen LogP contribution in [0, 0.1) is 22.7 Å². The van der Waals surface area contributed by atoms with Gasteiger partial charge in [0, 0.05) is 23.2 Å². The summed E-state index contributed by atoms with van der Waals surface area (Å²) in [6.07, 6.45) is 3.48. The Hall–Kier alpha value is 0.190. The summed E-state index contributed by atoms with van der Waals surface area (Å²) in [6, 6.07) is 0. The van der Waals surface area contributed by atoms with Crippen LogP contribution in [0.3, 0.4) is 0 Å². The normalized spacial score (nSPS) is 44.5. The van der Waals surface area contributed by atoms with Crippen molar-refractivity contribution in [3.63, 3.8) is 0 Å². The fraction of sp³-hybridized carbons (Fsp3) is 0.950. The molecule has 1 heterocycles. The number of hydrogen-bond donors (Lipinski definition) is 3. The first-order valence-electron chi connectivity index (χ1n) is 9.89. The van der Waals surface area contributed by atoms with E-state index in [1.165, 1.54) is 0 Å². The van der Waals surface area contributed by atoms with Gasteiger partial charge in [-0.2, -0.15) is 0 Å². The van der Waals surface area contributed by atoms with Gasteiger partial charge in [0.1, 0.15) is 0 Å². The van der Waals surface area contributed by atoms with Crippen LogP contribution in [-0.4, -0.2) is 68.2 Å². The smallest absolute Gasteiger partial charge is 0.550 e. The first-order chi connectivity index (χ1) is 12.1. The minimum absolute atomic E-state index is 0.